The average molecular weight is 632 g/mol. The van der Waals surface area contributed by atoms with Crippen LogP contribution in [0.15, 0.2) is 88.9 Å². The number of nitrogens with zero attached hydrogens (tertiary/aromatic N) is 1. The van der Waals surface area contributed by atoms with Crippen molar-refractivity contribution in [3.05, 3.63) is 122 Å². The van der Waals surface area contributed by atoms with Crippen LogP contribution in [0.5, 0.6) is 17.2 Å². The van der Waals surface area contributed by atoms with Gasteiger partial charge in [0.25, 0.3) is 5.91 Å². The van der Waals surface area contributed by atoms with Crippen LogP contribution < -0.4 is 19.5 Å². The first-order chi connectivity index (χ1) is 19.8. The molecule has 0 saturated heterocycles. The molecular formula is C33H28BrClN2O4. The maximum Gasteiger partial charge on any atom is 0.266 e. The molecule has 0 saturated carbocycles. The molecule has 0 aliphatic heterocycles. The molecule has 41 heavy (non-hydrogen) atoms. The number of benzene rings is 4. The fourth-order valence-corrected chi connectivity index (χ4v) is 4.70. The second-order valence-electron chi connectivity index (χ2n) is 9.27. The maximum absolute atomic E-state index is 12.9. The zero-order chi connectivity index (χ0) is 29.4. The number of amides is 1. The normalized spacial score (nSPS) is 11.0. The van der Waals surface area contributed by atoms with Crippen molar-refractivity contribution in [1.29, 1.82) is 5.26 Å². The smallest absolute Gasteiger partial charge is 0.266 e. The average Bonchev–Trinajstić information content (AvgIpc) is 2.97. The lowest BCUT2D eigenvalue weighted by atomic mass is 10.1. The molecule has 6 nitrogen and oxygen atoms in total. The Morgan fingerprint density at radius 3 is 2.41 bits per heavy atom. The molecule has 4 aromatic rings. The minimum Gasteiger partial charge on any atom is -0.493 e. The van der Waals surface area contributed by atoms with Crippen molar-refractivity contribution in [1.82, 2.24) is 0 Å². The van der Waals surface area contributed by atoms with Crippen LogP contribution in [0.1, 0.15) is 27.8 Å². The van der Waals surface area contributed by atoms with Crippen LogP contribution in [0, 0.1) is 25.2 Å². The molecule has 0 spiro atoms. The first-order valence-electron chi connectivity index (χ1n) is 12.7. The van der Waals surface area contributed by atoms with Gasteiger partial charge in [-0.25, -0.2) is 0 Å². The molecule has 0 atom stereocenters. The van der Waals surface area contributed by atoms with E-state index in [4.69, 9.17) is 25.8 Å². The van der Waals surface area contributed by atoms with E-state index in [1.54, 1.807) is 36.4 Å². The molecule has 4 aromatic carbocycles. The highest BCUT2D eigenvalue weighted by atomic mass is 79.9. The fraction of sp³-hybridized carbons (Fsp3) is 0.152. The second-order valence-corrected chi connectivity index (χ2v) is 10.5. The van der Waals surface area contributed by atoms with Crippen LogP contribution in [0.2, 0.25) is 5.02 Å². The fourth-order valence-electron chi connectivity index (χ4n) is 3.94. The first kappa shape index (κ1) is 29.7. The number of ether oxygens (including phenoxy) is 3. The highest BCUT2D eigenvalue weighted by Gasteiger charge is 2.15. The number of hydrogen-bond acceptors (Lipinski definition) is 5. The van der Waals surface area contributed by atoms with Gasteiger partial charge in [0.15, 0.2) is 11.5 Å². The van der Waals surface area contributed by atoms with E-state index >= 15 is 0 Å². The van der Waals surface area contributed by atoms with E-state index in [1.807, 2.05) is 36.4 Å². The molecule has 0 bridgehead atoms. The van der Waals surface area contributed by atoms with Gasteiger partial charge in [-0.05, 0) is 101 Å². The van der Waals surface area contributed by atoms with Crippen molar-refractivity contribution < 1.29 is 19.0 Å². The quantitative estimate of drug-likeness (QED) is 0.140. The Balaban J connectivity index is 1.42. The van der Waals surface area contributed by atoms with Crippen LogP contribution in [0.4, 0.5) is 5.69 Å². The molecule has 0 aliphatic rings. The summed E-state index contributed by atoms with van der Waals surface area (Å²) in [7, 11) is 1.54. The Hall–Kier alpha value is -4.25. The van der Waals surface area contributed by atoms with Gasteiger partial charge in [-0.1, -0.05) is 48.0 Å². The summed E-state index contributed by atoms with van der Waals surface area (Å²) in [5.41, 5.74) is 5.38. The third kappa shape index (κ3) is 7.91. The van der Waals surface area contributed by atoms with Gasteiger partial charge in [0.2, 0.25) is 0 Å². The second kappa shape index (κ2) is 13.9. The van der Waals surface area contributed by atoms with Crippen molar-refractivity contribution >= 4 is 45.2 Å². The number of halogens is 2. The molecule has 0 unspecified atom stereocenters. The number of carbonyl (C=O) groups excluding carboxylic acids is 1. The number of nitriles is 1. The Labute approximate surface area is 253 Å². The van der Waals surface area contributed by atoms with Crippen LogP contribution in [-0.4, -0.2) is 13.0 Å². The predicted molar refractivity (Wildman–Crippen MR) is 165 cm³/mol. The molecule has 0 fully saturated rings. The third-order valence-electron chi connectivity index (χ3n) is 6.35. The lowest BCUT2D eigenvalue weighted by Crippen LogP contribution is -2.13. The molecule has 0 radical (unpaired) electrons. The van der Waals surface area contributed by atoms with Gasteiger partial charge >= 0.3 is 0 Å². The van der Waals surface area contributed by atoms with Gasteiger partial charge in [-0.3, -0.25) is 4.79 Å². The molecule has 4 rings (SSSR count). The predicted octanol–water partition coefficient (Wildman–Crippen LogP) is 8.43. The van der Waals surface area contributed by atoms with Gasteiger partial charge in [0, 0.05) is 16.3 Å². The summed E-state index contributed by atoms with van der Waals surface area (Å²) in [5.74, 6) is 1.08. The van der Waals surface area contributed by atoms with Crippen LogP contribution in [-0.2, 0) is 18.0 Å². The van der Waals surface area contributed by atoms with Crippen molar-refractivity contribution in [2.75, 3.05) is 12.4 Å². The topological polar surface area (TPSA) is 80.6 Å². The number of methoxy groups -OCH3 is 1. The Bertz CT molecular complexity index is 1630. The first-order valence-corrected chi connectivity index (χ1v) is 13.9. The monoisotopic (exact) mass is 630 g/mol. The van der Waals surface area contributed by atoms with Crippen molar-refractivity contribution in [3.63, 3.8) is 0 Å². The Morgan fingerprint density at radius 2 is 1.73 bits per heavy atom. The van der Waals surface area contributed by atoms with E-state index in [9.17, 15) is 10.1 Å². The molecule has 8 heteroatoms. The van der Waals surface area contributed by atoms with E-state index in [-0.39, 0.29) is 5.57 Å². The van der Waals surface area contributed by atoms with Gasteiger partial charge in [-0.2, -0.15) is 5.26 Å². The molecular weight excluding hydrogens is 604 g/mol. The van der Waals surface area contributed by atoms with E-state index in [0.29, 0.717) is 51.2 Å². The summed E-state index contributed by atoms with van der Waals surface area (Å²) in [6, 6.07) is 26.0. The van der Waals surface area contributed by atoms with Crippen LogP contribution in [0.25, 0.3) is 6.08 Å². The molecule has 1 N–H and O–H groups in total. The summed E-state index contributed by atoms with van der Waals surface area (Å²) in [6.07, 6.45) is 1.50. The van der Waals surface area contributed by atoms with Crippen molar-refractivity contribution in [2.24, 2.45) is 0 Å². The van der Waals surface area contributed by atoms with Gasteiger partial charge in [-0.15, -0.1) is 0 Å². The molecule has 0 aliphatic carbocycles. The van der Waals surface area contributed by atoms with Crippen LogP contribution >= 0.6 is 27.5 Å². The largest absolute Gasteiger partial charge is 0.493 e. The van der Waals surface area contributed by atoms with Gasteiger partial charge in [0.05, 0.1) is 11.6 Å². The minimum atomic E-state index is -0.539. The molecule has 0 aromatic heterocycles. The summed E-state index contributed by atoms with van der Waals surface area (Å²) >= 11 is 9.72. The lowest BCUT2D eigenvalue weighted by molar-refractivity contribution is -0.112. The molecule has 1 amide bonds. The summed E-state index contributed by atoms with van der Waals surface area (Å²) < 4.78 is 18.0. The Morgan fingerprint density at radius 1 is 0.976 bits per heavy atom. The van der Waals surface area contributed by atoms with Gasteiger partial charge < -0.3 is 19.5 Å². The summed E-state index contributed by atoms with van der Waals surface area (Å²) in [4.78, 5) is 12.9. The highest BCUT2D eigenvalue weighted by Crippen LogP contribution is 2.38. The number of nitrogens with one attached hydrogen (secondary N) is 1. The zero-order valence-electron chi connectivity index (χ0n) is 22.8. The van der Waals surface area contributed by atoms with E-state index in [0.717, 1.165) is 11.1 Å². The maximum atomic E-state index is 12.9. The number of aryl methyl sites for hydroxylation is 2. The SMILES string of the molecule is COc1cc(/C=C(\C#N)C(=O)Nc2ccc(OCc3ccccc3Cl)cc2)cc(Br)c1OCc1ccc(C)c(C)c1. The Kier molecular flexibility index (Phi) is 10.1. The summed E-state index contributed by atoms with van der Waals surface area (Å²) in [5, 5.41) is 13.1. The standard InChI is InChI=1S/C33H28BrClN2O4/c1-21-8-9-23(14-22(21)2)19-41-32-29(34)16-24(17-31(32)39-3)15-26(18-36)33(38)37-27-10-12-28(13-11-27)40-20-25-6-4-5-7-30(25)35/h4-17H,19-20H2,1-3H3,(H,37,38)/b26-15+. The number of rotatable bonds is 10. The summed E-state index contributed by atoms with van der Waals surface area (Å²) in [6.45, 7) is 4.81. The molecule has 0 heterocycles. The number of anilines is 1. The minimum absolute atomic E-state index is 0.0678. The van der Waals surface area contributed by atoms with E-state index < -0.39 is 5.91 Å². The van der Waals surface area contributed by atoms with E-state index in [1.165, 1.54) is 24.3 Å². The van der Waals surface area contributed by atoms with Gasteiger partial charge in [0.1, 0.15) is 30.6 Å². The van der Waals surface area contributed by atoms with Crippen molar-refractivity contribution in [2.45, 2.75) is 27.1 Å². The van der Waals surface area contributed by atoms with Crippen LogP contribution in [0.3, 0.4) is 0 Å². The third-order valence-corrected chi connectivity index (χ3v) is 7.30. The van der Waals surface area contributed by atoms with Crippen molar-refractivity contribution in [3.8, 4) is 23.3 Å². The lowest BCUT2D eigenvalue weighted by Gasteiger charge is -2.14. The number of hydrogen-bond donors (Lipinski definition) is 1. The number of carbonyl (C=O) groups is 1. The highest BCUT2D eigenvalue weighted by molar-refractivity contribution is 9.10. The van der Waals surface area contributed by atoms with E-state index in [2.05, 4.69) is 47.2 Å². The zero-order valence-corrected chi connectivity index (χ0v) is 25.2. The molecule has 208 valence electrons.